The van der Waals surface area contributed by atoms with Gasteiger partial charge >= 0.3 is 0 Å². The number of rotatable bonds is 2. The van der Waals surface area contributed by atoms with Gasteiger partial charge in [-0.15, -0.1) is 0 Å². The van der Waals surface area contributed by atoms with Gasteiger partial charge in [0, 0.05) is 3.57 Å². The fourth-order valence-corrected chi connectivity index (χ4v) is 1.59. The summed E-state index contributed by atoms with van der Waals surface area (Å²) < 4.78 is 6.46. The van der Waals surface area contributed by atoms with Gasteiger partial charge in [0.05, 0.1) is 6.61 Å². The van der Waals surface area contributed by atoms with Crippen LogP contribution in [0.15, 0.2) is 24.3 Å². The molecule has 1 N–H and O–H groups in total. The van der Waals surface area contributed by atoms with E-state index in [0.29, 0.717) is 0 Å². The van der Waals surface area contributed by atoms with Crippen molar-refractivity contribution in [3.05, 3.63) is 33.4 Å². The number of epoxide rings is 1. The first kappa shape index (κ1) is 8.47. The van der Waals surface area contributed by atoms with Crippen LogP contribution >= 0.6 is 22.6 Å². The summed E-state index contributed by atoms with van der Waals surface area (Å²) in [6.07, 6.45) is 0.164. The van der Waals surface area contributed by atoms with Gasteiger partial charge in [-0.2, -0.15) is 0 Å². The Kier molecular flexibility index (Phi) is 2.34. The third kappa shape index (κ3) is 1.62. The zero-order valence-electron chi connectivity index (χ0n) is 6.40. The van der Waals surface area contributed by atoms with Gasteiger partial charge in [0.1, 0.15) is 12.2 Å². The quantitative estimate of drug-likeness (QED) is 0.659. The summed E-state index contributed by atoms with van der Waals surface area (Å²) in [6, 6.07) is 8.18. The Morgan fingerprint density at radius 3 is 2.50 bits per heavy atom. The van der Waals surface area contributed by atoms with E-state index < -0.39 is 0 Å². The Morgan fingerprint density at radius 1 is 1.33 bits per heavy atom. The van der Waals surface area contributed by atoms with Gasteiger partial charge in [-0.05, 0) is 40.3 Å². The molecule has 2 rings (SSSR count). The van der Waals surface area contributed by atoms with Crippen LogP contribution in [0.25, 0.3) is 0 Å². The lowest BCUT2D eigenvalue weighted by atomic mass is 10.1. The van der Waals surface area contributed by atoms with Crippen molar-refractivity contribution in [3.8, 4) is 0 Å². The van der Waals surface area contributed by atoms with Crippen LogP contribution in [0.4, 0.5) is 0 Å². The summed E-state index contributed by atoms with van der Waals surface area (Å²) in [4.78, 5) is 0. The van der Waals surface area contributed by atoms with Gasteiger partial charge in [-0.1, -0.05) is 12.1 Å². The Balaban J connectivity index is 2.10. The average molecular weight is 276 g/mol. The summed E-state index contributed by atoms with van der Waals surface area (Å²) >= 11 is 2.26. The van der Waals surface area contributed by atoms with Crippen LogP contribution in [0.3, 0.4) is 0 Å². The van der Waals surface area contributed by atoms with Crippen molar-refractivity contribution >= 4 is 22.6 Å². The molecule has 1 aromatic carbocycles. The third-order valence-corrected chi connectivity index (χ3v) is 2.68. The summed E-state index contributed by atoms with van der Waals surface area (Å²) in [5.41, 5.74) is 1.16. The highest BCUT2D eigenvalue weighted by Gasteiger charge is 2.39. The summed E-state index contributed by atoms with van der Waals surface area (Å²) in [5.74, 6) is 0. The number of aliphatic hydroxyl groups is 1. The molecule has 0 saturated carbocycles. The van der Waals surface area contributed by atoms with Crippen LogP contribution in [0.5, 0.6) is 0 Å². The minimum absolute atomic E-state index is 0.0325. The highest BCUT2D eigenvalue weighted by atomic mass is 127. The van der Waals surface area contributed by atoms with Gasteiger partial charge in [0.2, 0.25) is 0 Å². The molecule has 0 bridgehead atoms. The normalized spacial score (nSPS) is 27.2. The van der Waals surface area contributed by atoms with Gasteiger partial charge in [0.25, 0.3) is 0 Å². The van der Waals surface area contributed by atoms with Crippen molar-refractivity contribution in [2.75, 3.05) is 6.61 Å². The van der Waals surface area contributed by atoms with Gasteiger partial charge < -0.3 is 9.84 Å². The van der Waals surface area contributed by atoms with Crippen LogP contribution in [-0.2, 0) is 4.74 Å². The largest absolute Gasteiger partial charge is 0.394 e. The molecule has 1 saturated heterocycles. The highest BCUT2D eigenvalue weighted by Crippen LogP contribution is 2.38. The molecule has 0 amide bonds. The Morgan fingerprint density at radius 2 is 2.00 bits per heavy atom. The lowest BCUT2D eigenvalue weighted by Crippen LogP contribution is -1.94. The van der Waals surface area contributed by atoms with E-state index in [0.717, 1.165) is 5.56 Å². The highest BCUT2D eigenvalue weighted by molar-refractivity contribution is 14.1. The SMILES string of the molecule is OCC1OC1c1ccc(I)cc1. The Bertz CT molecular complexity index is 270. The summed E-state index contributed by atoms with van der Waals surface area (Å²) in [6.45, 7) is 0.122. The van der Waals surface area contributed by atoms with E-state index in [2.05, 4.69) is 22.6 Å². The lowest BCUT2D eigenvalue weighted by Gasteiger charge is -1.94. The minimum atomic E-state index is 0.0325. The van der Waals surface area contributed by atoms with Crippen molar-refractivity contribution < 1.29 is 9.84 Å². The molecule has 0 spiro atoms. The molecule has 1 aromatic rings. The molecule has 1 fully saturated rings. The molecule has 1 aliphatic heterocycles. The predicted octanol–water partition coefficient (Wildman–Crippen LogP) is 1.72. The molecule has 2 nitrogen and oxygen atoms in total. The number of halogens is 1. The number of hydrogen-bond donors (Lipinski definition) is 1. The predicted molar refractivity (Wildman–Crippen MR) is 53.9 cm³/mol. The van der Waals surface area contributed by atoms with Crippen LogP contribution < -0.4 is 0 Å². The maximum Gasteiger partial charge on any atom is 0.112 e. The molecule has 1 heterocycles. The smallest absolute Gasteiger partial charge is 0.112 e. The van der Waals surface area contributed by atoms with Crippen molar-refractivity contribution in [1.82, 2.24) is 0 Å². The van der Waals surface area contributed by atoms with Crippen molar-refractivity contribution in [3.63, 3.8) is 0 Å². The topological polar surface area (TPSA) is 32.8 Å². The number of hydrogen-bond acceptors (Lipinski definition) is 2. The molecule has 12 heavy (non-hydrogen) atoms. The summed E-state index contributed by atoms with van der Waals surface area (Å²) in [5, 5.41) is 8.77. The monoisotopic (exact) mass is 276 g/mol. The summed E-state index contributed by atoms with van der Waals surface area (Å²) in [7, 11) is 0. The number of benzene rings is 1. The molecular formula is C9H9IO2. The first-order valence-electron chi connectivity index (χ1n) is 3.83. The maximum absolute atomic E-state index is 8.77. The van der Waals surface area contributed by atoms with E-state index in [1.165, 1.54) is 3.57 Å². The second-order valence-electron chi connectivity index (χ2n) is 2.83. The van der Waals surface area contributed by atoms with E-state index in [1.807, 2.05) is 24.3 Å². The van der Waals surface area contributed by atoms with Gasteiger partial charge in [-0.3, -0.25) is 0 Å². The van der Waals surface area contributed by atoms with E-state index in [9.17, 15) is 0 Å². The molecule has 1 aliphatic rings. The zero-order chi connectivity index (χ0) is 8.55. The van der Waals surface area contributed by atoms with E-state index >= 15 is 0 Å². The molecular weight excluding hydrogens is 267 g/mol. The van der Waals surface area contributed by atoms with Gasteiger partial charge in [-0.25, -0.2) is 0 Å². The van der Waals surface area contributed by atoms with Gasteiger partial charge in [0.15, 0.2) is 0 Å². The van der Waals surface area contributed by atoms with Crippen molar-refractivity contribution in [1.29, 1.82) is 0 Å². The maximum atomic E-state index is 8.77. The standard InChI is InChI=1S/C9H9IO2/c10-7-3-1-6(2-4-7)9-8(5-11)12-9/h1-4,8-9,11H,5H2. The molecule has 3 heteroatoms. The number of ether oxygens (including phenoxy) is 1. The van der Waals surface area contributed by atoms with Crippen LogP contribution in [0.1, 0.15) is 11.7 Å². The first-order valence-corrected chi connectivity index (χ1v) is 4.91. The molecule has 0 aliphatic carbocycles. The molecule has 64 valence electrons. The molecule has 0 radical (unpaired) electrons. The minimum Gasteiger partial charge on any atom is -0.394 e. The molecule has 2 unspecified atom stereocenters. The van der Waals surface area contributed by atoms with Crippen LogP contribution in [0, 0.1) is 3.57 Å². The molecule has 0 aromatic heterocycles. The number of aliphatic hydroxyl groups excluding tert-OH is 1. The van der Waals surface area contributed by atoms with Crippen LogP contribution in [-0.4, -0.2) is 17.8 Å². The van der Waals surface area contributed by atoms with Crippen molar-refractivity contribution in [2.45, 2.75) is 12.2 Å². The van der Waals surface area contributed by atoms with E-state index in [-0.39, 0.29) is 18.8 Å². The third-order valence-electron chi connectivity index (χ3n) is 1.96. The average Bonchev–Trinajstić information content (AvgIpc) is 2.85. The van der Waals surface area contributed by atoms with Crippen molar-refractivity contribution in [2.24, 2.45) is 0 Å². The Labute approximate surface area is 84.7 Å². The van der Waals surface area contributed by atoms with E-state index in [1.54, 1.807) is 0 Å². The fraction of sp³-hybridized carbons (Fsp3) is 0.333. The second-order valence-corrected chi connectivity index (χ2v) is 4.07. The van der Waals surface area contributed by atoms with E-state index in [4.69, 9.17) is 9.84 Å². The lowest BCUT2D eigenvalue weighted by molar-refractivity contribution is 0.242. The first-order chi connectivity index (χ1) is 5.81. The Hall–Kier alpha value is -0.130. The zero-order valence-corrected chi connectivity index (χ0v) is 8.56. The molecule has 2 atom stereocenters. The van der Waals surface area contributed by atoms with Crippen LogP contribution in [0.2, 0.25) is 0 Å². The fourth-order valence-electron chi connectivity index (χ4n) is 1.23. The second kappa shape index (κ2) is 3.32.